The van der Waals surface area contributed by atoms with E-state index in [-0.39, 0.29) is 17.0 Å². The fraction of sp³-hybridized carbons (Fsp3) is 0.550. The Balaban J connectivity index is 1.23. The summed E-state index contributed by atoms with van der Waals surface area (Å²) in [5, 5.41) is 20.1. The van der Waals surface area contributed by atoms with Gasteiger partial charge in [0, 0.05) is 17.9 Å². The van der Waals surface area contributed by atoms with E-state index in [1.807, 2.05) is 18.3 Å². The fourth-order valence-electron chi connectivity index (χ4n) is 6.42. The number of carbonyl (C=O) groups is 1. The van der Waals surface area contributed by atoms with Crippen LogP contribution < -0.4 is 5.32 Å². The van der Waals surface area contributed by atoms with Gasteiger partial charge in [-0.25, -0.2) is 0 Å². The monoisotopic (exact) mass is 393 g/mol. The summed E-state index contributed by atoms with van der Waals surface area (Å²) in [4.78, 5) is 14.9. The van der Waals surface area contributed by atoms with E-state index in [0.29, 0.717) is 29.9 Å². The van der Waals surface area contributed by atoms with E-state index in [1.165, 1.54) is 12.7 Å². The molecule has 9 heteroatoms. The molecule has 0 spiro atoms. The Labute approximate surface area is 167 Å². The first kappa shape index (κ1) is 16.9. The number of nitrogens with one attached hydrogen (secondary N) is 1. The summed E-state index contributed by atoms with van der Waals surface area (Å²) < 4.78 is 7.59. The average molecular weight is 393 g/mol. The van der Waals surface area contributed by atoms with E-state index in [0.717, 1.165) is 32.1 Å². The van der Waals surface area contributed by atoms with Gasteiger partial charge in [-0.2, -0.15) is 9.90 Å². The molecule has 0 aliphatic heterocycles. The van der Waals surface area contributed by atoms with Crippen molar-refractivity contribution in [3.05, 3.63) is 48.4 Å². The summed E-state index contributed by atoms with van der Waals surface area (Å²) in [6, 6.07) is 5.46. The van der Waals surface area contributed by atoms with Crippen molar-refractivity contribution in [3.63, 3.8) is 0 Å². The largest absolute Gasteiger partial charge is 0.454 e. The van der Waals surface area contributed by atoms with Crippen LogP contribution in [0.2, 0.25) is 0 Å². The Hall–Kier alpha value is -2.97. The minimum atomic E-state index is -0.219. The van der Waals surface area contributed by atoms with Gasteiger partial charge in [0.15, 0.2) is 12.1 Å². The van der Waals surface area contributed by atoms with E-state index in [9.17, 15) is 4.79 Å². The SMILES string of the molecule is O=C(NC12CC3CC(C1)CC(n1ncnn1)(C3)C2)c1ccc(Cn2cccn2)o1. The molecule has 3 aromatic heterocycles. The van der Waals surface area contributed by atoms with Crippen molar-refractivity contribution >= 4 is 5.91 Å². The van der Waals surface area contributed by atoms with Crippen molar-refractivity contribution in [1.29, 1.82) is 0 Å². The minimum Gasteiger partial charge on any atom is -0.454 e. The van der Waals surface area contributed by atoms with Crippen molar-refractivity contribution in [1.82, 2.24) is 35.3 Å². The standard InChI is InChI=1S/C20H23N7O2/c28-18(17-3-2-16(29-17)11-26-5-1-4-22-26)24-19-7-14-6-15(8-19)10-20(9-14,12-19)27-23-13-21-25-27/h1-5,13-15H,6-12H2,(H,24,28). The molecule has 0 radical (unpaired) electrons. The molecular formula is C20H23N7O2. The number of tetrazole rings is 1. The van der Waals surface area contributed by atoms with Gasteiger partial charge in [-0.15, -0.1) is 10.2 Å². The molecule has 4 fully saturated rings. The molecule has 7 rings (SSSR count). The van der Waals surface area contributed by atoms with Crippen LogP contribution in [-0.4, -0.2) is 41.4 Å². The number of hydrogen-bond acceptors (Lipinski definition) is 6. The quantitative estimate of drug-likeness (QED) is 0.711. The molecule has 29 heavy (non-hydrogen) atoms. The molecule has 2 unspecified atom stereocenters. The van der Waals surface area contributed by atoms with Gasteiger partial charge in [0.25, 0.3) is 5.91 Å². The summed E-state index contributed by atoms with van der Waals surface area (Å²) in [6.07, 6.45) is 11.4. The Morgan fingerprint density at radius 1 is 1.21 bits per heavy atom. The Bertz CT molecular complexity index is 1010. The van der Waals surface area contributed by atoms with E-state index in [1.54, 1.807) is 21.7 Å². The van der Waals surface area contributed by atoms with Gasteiger partial charge in [0.05, 0.1) is 12.1 Å². The topological polar surface area (TPSA) is 104 Å². The number of aromatic nitrogens is 6. The van der Waals surface area contributed by atoms with Gasteiger partial charge in [0.1, 0.15) is 5.76 Å². The molecule has 150 valence electrons. The highest BCUT2D eigenvalue weighted by atomic mass is 16.4. The van der Waals surface area contributed by atoms with Crippen molar-refractivity contribution < 1.29 is 9.21 Å². The summed E-state index contributed by atoms with van der Waals surface area (Å²) in [7, 11) is 0. The van der Waals surface area contributed by atoms with Crippen LogP contribution in [0.25, 0.3) is 0 Å². The van der Waals surface area contributed by atoms with Crippen LogP contribution in [0, 0.1) is 11.8 Å². The molecular weight excluding hydrogens is 370 g/mol. The first-order chi connectivity index (χ1) is 14.1. The maximum absolute atomic E-state index is 13.1. The summed E-state index contributed by atoms with van der Waals surface area (Å²) in [6.45, 7) is 0.511. The number of rotatable bonds is 5. The summed E-state index contributed by atoms with van der Waals surface area (Å²) in [5.74, 6) is 2.12. The molecule has 1 N–H and O–H groups in total. The maximum atomic E-state index is 13.1. The van der Waals surface area contributed by atoms with Gasteiger partial charge in [0.2, 0.25) is 0 Å². The number of nitrogens with zero attached hydrogens (tertiary/aromatic N) is 6. The zero-order chi connectivity index (χ0) is 19.5. The number of carbonyl (C=O) groups excluding carboxylic acids is 1. The lowest BCUT2D eigenvalue weighted by molar-refractivity contribution is -0.0812. The Kier molecular flexibility index (Phi) is 3.51. The number of furan rings is 1. The van der Waals surface area contributed by atoms with Crippen LogP contribution in [0.3, 0.4) is 0 Å². The van der Waals surface area contributed by atoms with Crippen LogP contribution in [0.1, 0.15) is 54.8 Å². The first-order valence-corrected chi connectivity index (χ1v) is 10.2. The summed E-state index contributed by atoms with van der Waals surface area (Å²) in [5.41, 5.74) is -0.341. The molecule has 0 saturated heterocycles. The Morgan fingerprint density at radius 2 is 2.07 bits per heavy atom. The second-order valence-corrected chi connectivity index (χ2v) is 9.11. The highest BCUT2D eigenvalue weighted by Gasteiger charge is 2.60. The van der Waals surface area contributed by atoms with Gasteiger partial charge >= 0.3 is 0 Å². The minimum absolute atomic E-state index is 0.123. The maximum Gasteiger partial charge on any atom is 0.287 e. The lowest BCUT2D eigenvalue weighted by atomic mass is 9.50. The predicted octanol–water partition coefficient (Wildman–Crippen LogP) is 1.99. The van der Waals surface area contributed by atoms with Crippen molar-refractivity contribution in [2.24, 2.45) is 11.8 Å². The third-order valence-electron chi connectivity index (χ3n) is 6.94. The first-order valence-electron chi connectivity index (χ1n) is 10.2. The number of amides is 1. The highest BCUT2D eigenvalue weighted by Crippen LogP contribution is 2.60. The van der Waals surface area contributed by atoms with E-state index < -0.39 is 0 Å². The van der Waals surface area contributed by atoms with Gasteiger partial charge < -0.3 is 9.73 Å². The van der Waals surface area contributed by atoms with Gasteiger partial charge in [-0.3, -0.25) is 9.48 Å². The molecule has 9 nitrogen and oxygen atoms in total. The van der Waals surface area contributed by atoms with E-state index in [2.05, 4.69) is 25.8 Å². The summed E-state index contributed by atoms with van der Waals surface area (Å²) >= 11 is 0. The van der Waals surface area contributed by atoms with E-state index >= 15 is 0 Å². The fourth-order valence-corrected chi connectivity index (χ4v) is 6.42. The lowest BCUT2D eigenvalue weighted by Gasteiger charge is -2.61. The Morgan fingerprint density at radius 3 is 2.79 bits per heavy atom. The second-order valence-electron chi connectivity index (χ2n) is 9.11. The van der Waals surface area contributed by atoms with Crippen LogP contribution >= 0.6 is 0 Å². The normalized spacial score (nSPS) is 32.6. The highest BCUT2D eigenvalue weighted by molar-refractivity contribution is 5.92. The average Bonchev–Trinajstić information content (AvgIpc) is 3.44. The van der Waals surface area contributed by atoms with Crippen LogP contribution in [0.15, 0.2) is 41.3 Å². The third kappa shape index (κ3) is 2.79. The molecule has 4 bridgehead atoms. The molecule has 4 saturated carbocycles. The second kappa shape index (κ2) is 6.01. The molecule has 1 amide bonds. The number of hydrogen-bond donors (Lipinski definition) is 1. The van der Waals surface area contributed by atoms with Gasteiger partial charge in [-0.05, 0) is 73.8 Å². The van der Waals surface area contributed by atoms with Crippen molar-refractivity contribution in [3.8, 4) is 0 Å². The molecule has 3 aromatic rings. The van der Waals surface area contributed by atoms with E-state index in [4.69, 9.17) is 4.42 Å². The van der Waals surface area contributed by atoms with Gasteiger partial charge in [-0.1, -0.05) is 0 Å². The van der Waals surface area contributed by atoms with Crippen molar-refractivity contribution in [2.45, 2.75) is 56.1 Å². The lowest BCUT2D eigenvalue weighted by Crippen LogP contribution is -2.66. The molecule has 4 aliphatic carbocycles. The molecule has 3 heterocycles. The smallest absolute Gasteiger partial charge is 0.287 e. The third-order valence-corrected chi connectivity index (χ3v) is 6.94. The van der Waals surface area contributed by atoms with Crippen LogP contribution in [0.5, 0.6) is 0 Å². The molecule has 0 aromatic carbocycles. The van der Waals surface area contributed by atoms with Crippen LogP contribution in [0.4, 0.5) is 0 Å². The zero-order valence-corrected chi connectivity index (χ0v) is 16.1. The predicted molar refractivity (Wildman–Crippen MR) is 101 cm³/mol. The molecule has 4 aliphatic rings. The van der Waals surface area contributed by atoms with Crippen molar-refractivity contribution in [2.75, 3.05) is 0 Å². The zero-order valence-electron chi connectivity index (χ0n) is 16.1. The molecule has 2 atom stereocenters. The van der Waals surface area contributed by atoms with Crippen LogP contribution in [-0.2, 0) is 12.1 Å².